The van der Waals surface area contributed by atoms with Crippen LogP contribution in [0.2, 0.25) is 0 Å². The largest absolute Gasteiger partial charge is 0.355 e. The fourth-order valence-electron chi connectivity index (χ4n) is 3.43. The van der Waals surface area contributed by atoms with Crippen molar-refractivity contribution >= 4 is 23.2 Å². The van der Waals surface area contributed by atoms with Crippen molar-refractivity contribution in [2.24, 2.45) is 0 Å². The van der Waals surface area contributed by atoms with Crippen molar-refractivity contribution < 1.29 is 14.0 Å². The van der Waals surface area contributed by atoms with E-state index in [0.29, 0.717) is 13.1 Å². The second kappa shape index (κ2) is 8.82. The number of benzene rings is 1. The number of carbonyl (C=O) groups is 2. The maximum atomic E-state index is 13.1. The molecular weight excluding hydrogens is 359 g/mol. The van der Waals surface area contributed by atoms with Gasteiger partial charge in [-0.2, -0.15) is 0 Å². The number of hydrogen-bond donors (Lipinski definition) is 2. The summed E-state index contributed by atoms with van der Waals surface area (Å²) in [6.07, 6.45) is 1.85. The number of pyridine rings is 1. The third-order valence-electron chi connectivity index (χ3n) is 4.79. The zero-order chi connectivity index (χ0) is 20.1. The normalized spacial score (nSPS) is 16.5. The lowest BCUT2D eigenvalue weighted by Gasteiger charge is -2.33. The van der Waals surface area contributed by atoms with Gasteiger partial charge in [0.05, 0.1) is 6.54 Å². The summed E-state index contributed by atoms with van der Waals surface area (Å²) < 4.78 is 13.1. The highest BCUT2D eigenvalue weighted by Crippen LogP contribution is 2.29. The lowest BCUT2D eigenvalue weighted by molar-refractivity contribution is -0.133. The smallest absolute Gasteiger partial charge is 0.241 e. The van der Waals surface area contributed by atoms with E-state index < -0.39 is 0 Å². The van der Waals surface area contributed by atoms with Crippen LogP contribution in [0, 0.1) is 12.7 Å². The van der Waals surface area contributed by atoms with Gasteiger partial charge in [0.25, 0.3) is 0 Å². The molecule has 1 atom stereocenters. The van der Waals surface area contributed by atoms with Crippen molar-refractivity contribution in [3.05, 3.63) is 53.6 Å². The van der Waals surface area contributed by atoms with Crippen LogP contribution in [0.1, 0.15) is 37.1 Å². The predicted molar refractivity (Wildman–Crippen MR) is 106 cm³/mol. The van der Waals surface area contributed by atoms with Crippen LogP contribution >= 0.6 is 0 Å². The summed E-state index contributed by atoms with van der Waals surface area (Å²) in [4.78, 5) is 29.8. The van der Waals surface area contributed by atoms with Gasteiger partial charge in [-0.3, -0.25) is 14.6 Å². The van der Waals surface area contributed by atoms with Gasteiger partial charge >= 0.3 is 0 Å². The fraction of sp³-hybridized carbons (Fsp3) is 0.381. The van der Waals surface area contributed by atoms with Crippen LogP contribution < -0.4 is 10.6 Å². The Balaban J connectivity index is 1.71. The number of piperidine rings is 1. The Morgan fingerprint density at radius 1 is 1.21 bits per heavy atom. The number of aromatic nitrogens is 1. The van der Waals surface area contributed by atoms with Gasteiger partial charge in [0.1, 0.15) is 5.82 Å². The Morgan fingerprint density at radius 2 is 1.96 bits per heavy atom. The van der Waals surface area contributed by atoms with E-state index in [-0.39, 0.29) is 30.1 Å². The maximum Gasteiger partial charge on any atom is 0.241 e. The number of halogens is 1. The molecule has 148 valence electrons. The topological polar surface area (TPSA) is 74.3 Å². The number of amides is 2. The minimum atomic E-state index is -0.275. The Morgan fingerprint density at radius 3 is 2.68 bits per heavy atom. The van der Waals surface area contributed by atoms with Gasteiger partial charge < -0.3 is 15.5 Å². The lowest BCUT2D eigenvalue weighted by atomic mass is 9.93. The van der Waals surface area contributed by atoms with Crippen LogP contribution in [0.4, 0.5) is 15.8 Å². The third kappa shape index (κ3) is 5.28. The van der Waals surface area contributed by atoms with E-state index >= 15 is 0 Å². The first-order valence-corrected chi connectivity index (χ1v) is 9.44. The molecule has 1 saturated heterocycles. The molecule has 0 radical (unpaired) electrons. The lowest BCUT2D eigenvalue weighted by Crippen LogP contribution is -2.44. The molecule has 7 heteroatoms. The molecule has 2 N–H and O–H groups in total. The van der Waals surface area contributed by atoms with Crippen molar-refractivity contribution in [2.75, 3.05) is 25.0 Å². The number of hydrogen-bond acceptors (Lipinski definition) is 4. The van der Waals surface area contributed by atoms with E-state index in [0.717, 1.165) is 35.6 Å². The molecule has 0 aliphatic carbocycles. The van der Waals surface area contributed by atoms with Crippen molar-refractivity contribution in [2.45, 2.75) is 32.6 Å². The fourth-order valence-corrected chi connectivity index (χ4v) is 3.43. The molecule has 1 aliphatic rings. The van der Waals surface area contributed by atoms with Crippen LogP contribution in [0.5, 0.6) is 0 Å². The van der Waals surface area contributed by atoms with Crippen molar-refractivity contribution in [3.8, 4) is 0 Å². The van der Waals surface area contributed by atoms with Crippen LogP contribution in [0.3, 0.4) is 0 Å². The molecule has 1 aromatic heterocycles. The highest BCUT2D eigenvalue weighted by Gasteiger charge is 2.26. The average Bonchev–Trinajstić information content (AvgIpc) is 2.67. The monoisotopic (exact) mass is 384 g/mol. The molecule has 3 rings (SSSR count). The summed E-state index contributed by atoms with van der Waals surface area (Å²) in [6.45, 7) is 4.65. The molecule has 0 saturated carbocycles. The summed E-state index contributed by atoms with van der Waals surface area (Å²) in [5.41, 5.74) is 3.50. The summed E-state index contributed by atoms with van der Waals surface area (Å²) in [7, 11) is 0. The zero-order valence-electron chi connectivity index (χ0n) is 16.2. The number of carbonyl (C=O) groups excluding carboxylic acids is 2. The summed E-state index contributed by atoms with van der Waals surface area (Å²) in [5, 5.41) is 5.85. The van der Waals surface area contributed by atoms with Crippen LogP contribution in [0.25, 0.3) is 0 Å². The minimum Gasteiger partial charge on any atom is -0.355 e. The molecule has 6 nitrogen and oxygen atoms in total. The second-order valence-corrected chi connectivity index (χ2v) is 7.14. The first-order chi connectivity index (χ1) is 13.4. The number of rotatable bonds is 5. The molecule has 2 heterocycles. The molecule has 0 spiro atoms. The summed E-state index contributed by atoms with van der Waals surface area (Å²) >= 11 is 0. The molecule has 2 aromatic rings. The quantitative estimate of drug-likeness (QED) is 0.831. The Labute approximate surface area is 164 Å². The van der Waals surface area contributed by atoms with Gasteiger partial charge in [-0.05, 0) is 56.2 Å². The molecule has 1 aliphatic heterocycles. The van der Waals surface area contributed by atoms with E-state index in [1.807, 2.05) is 19.1 Å². The molecule has 0 bridgehead atoms. The van der Waals surface area contributed by atoms with E-state index in [9.17, 15) is 14.0 Å². The van der Waals surface area contributed by atoms with Crippen LogP contribution in [0.15, 0.2) is 36.4 Å². The Kier molecular flexibility index (Phi) is 6.23. The van der Waals surface area contributed by atoms with E-state index in [1.165, 1.54) is 19.1 Å². The standard InChI is InChI=1S/C21H25FN4O2/c1-14-10-19(25-18-7-5-17(22)6-8-18)11-20(24-14)16-4-3-9-26(13-16)21(28)12-23-15(2)27/h5-8,10-11,16H,3-4,9,12-13H2,1-2H3,(H,23,27)(H,24,25). The van der Waals surface area contributed by atoms with Gasteiger partial charge in [-0.15, -0.1) is 0 Å². The maximum absolute atomic E-state index is 13.1. The van der Waals surface area contributed by atoms with E-state index in [2.05, 4.69) is 15.6 Å². The number of nitrogens with one attached hydrogen (secondary N) is 2. The SMILES string of the molecule is CC(=O)NCC(=O)N1CCCC(c2cc(Nc3ccc(F)cc3)cc(C)n2)C1. The van der Waals surface area contributed by atoms with E-state index in [4.69, 9.17) is 0 Å². The van der Waals surface area contributed by atoms with Gasteiger partial charge in [-0.25, -0.2) is 4.39 Å². The van der Waals surface area contributed by atoms with Crippen LogP contribution in [-0.4, -0.2) is 41.3 Å². The minimum absolute atomic E-state index is 0.0284. The molecule has 1 aromatic carbocycles. The van der Waals surface area contributed by atoms with Crippen LogP contribution in [-0.2, 0) is 9.59 Å². The van der Waals surface area contributed by atoms with Crippen molar-refractivity contribution in [1.29, 1.82) is 0 Å². The molecule has 2 amide bonds. The number of aryl methyl sites for hydroxylation is 1. The highest BCUT2D eigenvalue weighted by atomic mass is 19.1. The van der Waals surface area contributed by atoms with Crippen molar-refractivity contribution in [1.82, 2.24) is 15.2 Å². The number of likely N-dealkylation sites (tertiary alicyclic amines) is 1. The predicted octanol–water partition coefficient (Wildman–Crippen LogP) is 3.11. The number of nitrogens with zero attached hydrogens (tertiary/aromatic N) is 2. The third-order valence-corrected chi connectivity index (χ3v) is 4.79. The molecule has 1 fully saturated rings. The number of anilines is 2. The molecule has 28 heavy (non-hydrogen) atoms. The van der Waals surface area contributed by atoms with Crippen molar-refractivity contribution in [3.63, 3.8) is 0 Å². The molecule has 1 unspecified atom stereocenters. The second-order valence-electron chi connectivity index (χ2n) is 7.14. The zero-order valence-corrected chi connectivity index (χ0v) is 16.2. The van der Waals surface area contributed by atoms with Gasteiger partial charge in [0.2, 0.25) is 11.8 Å². The Hall–Kier alpha value is -2.96. The van der Waals surface area contributed by atoms with E-state index in [1.54, 1.807) is 17.0 Å². The van der Waals surface area contributed by atoms with Gasteiger partial charge in [0, 0.05) is 48.7 Å². The van der Waals surface area contributed by atoms with Gasteiger partial charge in [0.15, 0.2) is 0 Å². The molecular formula is C21H25FN4O2. The van der Waals surface area contributed by atoms with Gasteiger partial charge in [-0.1, -0.05) is 0 Å². The Bertz CT molecular complexity index is 854. The summed E-state index contributed by atoms with van der Waals surface area (Å²) in [5.74, 6) is -0.414. The highest BCUT2D eigenvalue weighted by molar-refractivity contribution is 5.83. The average molecular weight is 384 g/mol. The first kappa shape index (κ1) is 19.8. The first-order valence-electron chi connectivity index (χ1n) is 9.44. The summed E-state index contributed by atoms with van der Waals surface area (Å²) in [6, 6.07) is 10.1.